The van der Waals surface area contributed by atoms with E-state index in [1.807, 2.05) is 6.20 Å². The molecule has 72 heavy (non-hydrogen) atoms. The first-order chi connectivity index (χ1) is 35.7. The van der Waals surface area contributed by atoms with Crippen molar-refractivity contribution < 1.29 is 0 Å². The van der Waals surface area contributed by atoms with Gasteiger partial charge in [-0.25, -0.2) is 9.98 Å². The summed E-state index contributed by atoms with van der Waals surface area (Å²) in [6.45, 7) is 0.596. The maximum absolute atomic E-state index is 5.59. The van der Waals surface area contributed by atoms with Gasteiger partial charge < -0.3 is 5.32 Å². The van der Waals surface area contributed by atoms with Crippen molar-refractivity contribution in [1.82, 2.24) is 9.97 Å². The van der Waals surface area contributed by atoms with Crippen LogP contribution >= 0.6 is 0 Å². The highest BCUT2D eigenvalue weighted by atomic mass is 15.0. The van der Waals surface area contributed by atoms with Crippen LogP contribution in [0.1, 0.15) is 5.56 Å². The Bertz CT molecular complexity index is 4300. The fourth-order valence-corrected chi connectivity index (χ4v) is 10.9. The summed E-state index contributed by atoms with van der Waals surface area (Å²) in [5.41, 5.74) is 19.3. The molecule has 0 radical (unpaired) electrons. The molecule has 0 saturated heterocycles. The van der Waals surface area contributed by atoms with Crippen LogP contribution in [0.5, 0.6) is 0 Å². The SMILES string of the molecule is c1ccc(-c2ccc3c(c2)c2c(c4cc(-c5ccccc5)ccc43)NCC(c3cccc(-c4cccc(-c5cnc6c7cc(-c8ccccc8)ccc7c7ccc(-c8ccccc8)cc7c6n5)c4)c3)=N2)cc1. The number of nitrogens with one attached hydrogen (secondary N) is 1. The number of hydrogen-bond donors (Lipinski definition) is 1. The van der Waals surface area contributed by atoms with Crippen LogP contribution in [0.4, 0.5) is 11.4 Å². The molecule has 0 saturated carbocycles. The van der Waals surface area contributed by atoms with Crippen LogP contribution in [0.25, 0.3) is 121 Å². The van der Waals surface area contributed by atoms with E-state index in [1.165, 1.54) is 49.5 Å². The highest BCUT2D eigenvalue weighted by Crippen LogP contribution is 2.47. The molecule has 0 unspecified atom stereocenters. The molecule has 0 atom stereocenters. The Morgan fingerprint density at radius 1 is 0.292 bits per heavy atom. The largest absolute Gasteiger partial charge is 0.377 e. The number of fused-ring (bicyclic) bond motifs is 12. The van der Waals surface area contributed by atoms with Gasteiger partial charge >= 0.3 is 0 Å². The normalized spacial score (nSPS) is 12.3. The van der Waals surface area contributed by atoms with Crippen molar-refractivity contribution in [3.8, 4) is 66.9 Å². The Morgan fingerprint density at radius 3 is 1.21 bits per heavy atom. The fourth-order valence-electron chi connectivity index (χ4n) is 10.9. The van der Waals surface area contributed by atoms with E-state index in [-0.39, 0.29) is 0 Å². The summed E-state index contributed by atoms with van der Waals surface area (Å²) in [7, 11) is 0. The van der Waals surface area contributed by atoms with Gasteiger partial charge in [-0.3, -0.25) is 4.98 Å². The minimum absolute atomic E-state index is 0.596. The first-order valence-electron chi connectivity index (χ1n) is 24.6. The van der Waals surface area contributed by atoms with Gasteiger partial charge in [0.2, 0.25) is 0 Å². The van der Waals surface area contributed by atoms with Gasteiger partial charge in [0.15, 0.2) is 0 Å². The molecule has 336 valence electrons. The van der Waals surface area contributed by atoms with Gasteiger partial charge in [-0.15, -0.1) is 0 Å². The molecule has 0 spiro atoms. The Labute approximate surface area is 417 Å². The number of nitrogens with zero attached hydrogens (tertiary/aromatic N) is 3. The second-order valence-electron chi connectivity index (χ2n) is 18.8. The van der Waals surface area contributed by atoms with Crippen molar-refractivity contribution >= 4 is 71.2 Å². The Hall–Kier alpha value is -9.51. The van der Waals surface area contributed by atoms with Crippen LogP contribution in [-0.4, -0.2) is 22.2 Å². The van der Waals surface area contributed by atoms with E-state index < -0.39 is 0 Å². The molecule has 12 aromatic carbocycles. The van der Waals surface area contributed by atoms with Crippen LogP contribution in [0.2, 0.25) is 0 Å². The van der Waals surface area contributed by atoms with Gasteiger partial charge in [0.1, 0.15) is 0 Å². The van der Waals surface area contributed by atoms with Crippen molar-refractivity contribution in [2.75, 3.05) is 11.9 Å². The van der Waals surface area contributed by atoms with Crippen LogP contribution < -0.4 is 5.32 Å². The number of rotatable bonds is 7. The maximum atomic E-state index is 5.59. The second kappa shape index (κ2) is 17.2. The zero-order chi connectivity index (χ0) is 47.5. The van der Waals surface area contributed by atoms with Crippen molar-refractivity contribution in [3.63, 3.8) is 0 Å². The summed E-state index contributed by atoms with van der Waals surface area (Å²) < 4.78 is 0. The summed E-state index contributed by atoms with van der Waals surface area (Å²) >= 11 is 0. The van der Waals surface area contributed by atoms with E-state index in [2.05, 4.69) is 248 Å². The minimum atomic E-state index is 0.596. The van der Waals surface area contributed by atoms with Gasteiger partial charge in [-0.1, -0.05) is 206 Å². The molecule has 0 amide bonds. The lowest BCUT2D eigenvalue weighted by molar-refractivity contribution is 1.31. The summed E-state index contributed by atoms with van der Waals surface area (Å²) in [6.07, 6.45) is 1.94. The molecular weight excluding hydrogens is 873 g/mol. The third-order valence-corrected chi connectivity index (χ3v) is 14.5. The number of hydrogen-bond acceptors (Lipinski definition) is 4. The Morgan fingerprint density at radius 2 is 0.681 bits per heavy atom. The van der Waals surface area contributed by atoms with Gasteiger partial charge in [-0.2, -0.15) is 0 Å². The highest BCUT2D eigenvalue weighted by molar-refractivity contribution is 6.25. The smallest absolute Gasteiger partial charge is 0.0979 e. The minimum Gasteiger partial charge on any atom is -0.377 e. The number of aromatic nitrogens is 2. The van der Waals surface area contributed by atoms with E-state index in [9.17, 15) is 0 Å². The van der Waals surface area contributed by atoms with Gasteiger partial charge in [0.25, 0.3) is 0 Å². The first kappa shape index (κ1) is 41.5. The third kappa shape index (κ3) is 7.20. The second-order valence-corrected chi connectivity index (χ2v) is 18.8. The molecule has 0 fully saturated rings. The third-order valence-electron chi connectivity index (χ3n) is 14.5. The van der Waals surface area contributed by atoms with Gasteiger partial charge in [0.05, 0.1) is 46.6 Å². The van der Waals surface area contributed by atoms with E-state index >= 15 is 0 Å². The van der Waals surface area contributed by atoms with E-state index in [0.29, 0.717) is 6.54 Å². The molecule has 1 N–H and O–H groups in total. The number of anilines is 1. The zero-order valence-corrected chi connectivity index (χ0v) is 39.2. The average Bonchev–Trinajstić information content (AvgIpc) is 3.47. The van der Waals surface area contributed by atoms with Crippen LogP contribution in [0.3, 0.4) is 0 Å². The summed E-state index contributed by atoms with van der Waals surface area (Å²) in [6, 6.07) is 87.0. The summed E-state index contributed by atoms with van der Waals surface area (Å²) in [4.78, 5) is 16.4. The molecule has 0 bridgehead atoms. The lowest BCUT2D eigenvalue weighted by Crippen LogP contribution is -2.19. The van der Waals surface area contributed by atoms with E-state index in [0.717, 1.165) is 94.1 Å². The molecule has 14 rings (SSSR count). The lowest BCUT2D eigenvalue weighted by atomic mass is 9.91. The highest BCUT2D eigenvalue weighted by Gasteiger charge is 2.22. The van der Waals surface area contributed by atoms with Crippen LogP contribution in [-0.2, 0) is 0 Å². The van der Waals surface area contributed by atoms with Crippen LogP contribution in [0, 0.1) is 0 Å². The molecule has 1 aromatic heterocycles. The molecule has 0 aliphatic carbocycles. The fraction of sp³-hybridized carbons (Fsp3) is 0.0147. The quantitative estimate of drug-likeness (QED) is 0.162. The zero-order valence-electron chi connectivity index (χ0n) is 39.2. The monoisotopic (exact) mass is 916 g/mol. The predicted molar refractivity (Wildman–Crippen MR) is 303 cm³/mol. The number of aliphatic imine (C=N–C) groups is 1. The van der Waals surface area contributed by atoms with Crippen molar-refractivity contribution in [3.05, 3.63) is 254 Å². The summed E-state index contributed by atoms with van der Waals surface area (Å²) in [5, 5.41) is 13.1. The van der Waals surface area contributed by atoms with Crippen molar-refractivity contribution in [2.24, 2.45) is 4.99 Å². The standard InChI is InChI=1S/C68H44N4/c1-5-15-43(16-6-1)49-27-31-55-57-33-29-51(45-19-9-3-10-20-45)39-61(57)67-65(59(55)37-49)69-41-63(71-67)53-25-13-23-47(35-53)48-24-14-26-54(36-48)64-42-70-66-60-38-50(44-17-7-2-8-18-44)28-32-56(60)58-34-30-52(40-62(58)68(66)72-64)46-21-11-4-12-22-46/h1-41,70H,42H2. The molecule has 4 nitrogen and oxygen atoms in total. The van der Waals surface area contributed by atoms with Crippen LogP contribution in [0.15, 0.2) is 254 Å². The van der Waals surface area contributed by atoms with Gasteiger partial charge in [-0.05, 0) is 119 Å². The first-order valence-corrected chi connectivity index (χ1v) is 24.6. The predicted octanol–water partition coefficient (Wildman–Crippen LogP) is 17.8. The molecule has 2 heterocycles. The molecule has 1 aliphatic heterocycles. The Kier molecular flexibility index (Phi) is 9.88. The maximum Gasteiger partial charge on any atom is 0.0979 e. The summed E-state index contributed by atoms with van der Waals surface area (Å²) in [5.74, 6) is 0. The van der Waals surface area contributed by atoms with Gasteiger partial charge in [0, 0.05) is 27.1 Å². The molecule has 4 heteroatoms. The van der Waals surface area contributed by atoms with E-state index in [4.69, 9.17) is 15.0 Å². The van der Waals surface area contributed by atoms with Crippen molar-refractivity contribution in [1.29, 1.82) is 0 Å². The molecule has 1 aliphatic rings. The number of benzene rings is 12. The van der Waals surface area contributed by atoms with Crippen molar-refractivity contribution in [2.45, 2.75) is 0 Å². The lowest BCUT2D eigenvalue weighted by Gasteiger charge is -2.23. The average molecular weight is 917 g/mol. The van der Waals surface area contributed by atoms with E-state index in [1.54, 1.807) is 0 Å². The Balaban J connectivity index is 0.878. The molecule has 13 aromatic rings. The molecular formula is C68H44N4. The topological polar surface area (TPSA) is 50.2 Å².